The Balaban J connectivity index is 1.86. The molecule has 2 aliphatic heterocycles. The zero-order chi connectivity index (χ0) is 10.1. The molecular weight excluding hydrogens is 180 g/mol. The van der Waals surface area contributed by atoms with Crippen molar-refractivity contribution < 1.29 is 9.53 Å². The molecule has 14 heavy (non-hydrogen) atoms. The lowest BCUT2D eigenvalue weighted by molar-refractivity contribution is -0.132. The molecule has 3 atom stereocenters. The minimum absolute atomic E-state index is 0.0381. The molecule has 0 bridgehead atoms. The molecule has 1 amide bonds. The molecule has 2 heterocycles. The molecule has 2 saturated heterocycles. The van der Waals surface area contributed by atoms with Gasteiger partial charge in [-0.25, -0.2) is 0 Å². The molecule has 0 aromatic heterocycles. The Morgan fingerprint density at radius 2 is 2.36 bits per heavy atom. The topological polar surface area (TPSA) is 50.4 Å². The van der Waals surface area contributed by atoms with Crippen LogP contribution in [-0.2, 0) is 9.53 Å². The highest BCUT2D eigenvalue weighted by atomic mass is 16.5. The highest BCUT2D eigenvalue weighted by Gasteiger charge is 2.41. The Hall–Kier alpha value is -0.610. The summed E-state index contributed by atoms with van der Waals surface area (Å²) in [6.07, 6.45) is 1.89. The minimum atomic E-state index is -0.236. The summed E-state index contributed by atoms with van der Waals surface area (Å²) in [7, 11) is 0. The van der Waals surface area contributed by atoms with Crippen molar-refractivity contribution in [3.8, 4) is 0 Å². The fourth-order valence-corrected chi connectivity index (χ4v) is 2.19. The van der Waals surface area contributed by atoms with E-state index >= 15 is 0 Å². The summed E-state index contributed by atoms with van der Waals surface area (Å²) in [5, 5.41) is 6.23. The summed E-state index contributed by atoms with van der Waals surface area (Å²) < 4.78 is 5.67. The van der Waals surface area contributed by atoms with E-state index in [0.717, 1.165) is 19.4 Å². The molecule has 0 saturated carbocycles. The van der Waals surface area contributed by atoms with Gasteiger partial charge in [0.2, 0.25) is 5.91 Å². The first-order valence-electron chi connectivity index (χ1n) is 5.36. The molecule has 0 radical (unpaired) electrons. The third-order valence-electron chi connectivity index (χ3n) is 2.81. The number of carbonyl (C=O) groups is 1. The molecule has 2 fully saturated rings. The fourth-order valence-electron chi connectivity index (χ4n) is 2.19. The first-order chi connectivity index (χ1) is 6.66. The van der Waals surface area contributed by atoms with Gasteiger partial charge in [0.05, 0.1) is 6.10 Å². The van der Waals surface area contributed by atoms with Crippen molar-refractivity contribution in [2.24, 2.45) is 0 Å². The third kappa shape index (κ3) is 1.91. The Labute approximate surface area is 84.4 Å². The lowest BCUT2D eigenvalue weighted by Gasteiger charge is -2.14. The summed E-state index contributed by atoms with van der Waals surface area (Å²) in [4.78, 5) is 11.6. The maximum absolute atomic E-state index is 11.6. The Bertz CT molecular complexity index is 218. The SMILES string of the molecule is CC(C)NC(=O)[C@H]1C[C@H]2NCC[C@H]2O1. The number of amides is 1. The molecule has 0 aliphatic carbocycles. The van der Waals surface area contributed by atoms with Gasteiger partial charge >= 0.3 is 0 Å². The average molecular weight is 198 g/mol. The second kappa shape index (κ2) is 3.87. The maximum atomic E-state index is 11.6. The van der Waals surface area contributed by atoms with Crippen LogP contribution in [0.4, 0.5) is 0 Å². The number of fused-ring (bicyclic) bond motifs is 1. The smallest absolute Gasteiger partial charge is 0.249 e. The largest absolute Gasteiger partial charge is 0.363 e. The van der Waals surface area contributed by atoms with Gasteiger partial charge in [-0.2, -0.15) is 0 Å². The normalized spacial score (nSPS) is 36.1. The molecule has 0 unspecified atom stereocenters. The summed E-state index contributed by atoms with van der Waals surface area (Å²) in [6.45, 7) is 4.95. The van der Waals surface area contributed by atoms with Crippen molar-refractivity contribution in [1.82, 2.24) is 10.6 Å². The quantitative estimate of drug-likeness (QED) is 0.658. The van der Waals surface area contributed by atoms with Gasteiger partial charge in [0, 0.05) is 18.5 Å². The van der Waals surface area contributed by atoms with Gasteiger partial charge in [0.1, 0.15) is 6.10 Å². The number of hydrogen-bond donors (Lipinski definition) is 2. The molecule has 2 aliphatic rings. The van der Waals surface area contributed by atoms with Gasteiger partial charge in [-0.3, -0.25) is 4.79 Å². The Morgan fingerprint density at radius 3 is 3.00 bits per heavy atom. The van der Waals surface area contributed by atoms with Gasteiger partial charge < -0.3 is 15.4 Å². The van der Waals surface area contributed by atoms with Crippen LogP contribution in [0.2, 0.25) is 0 Å². The van der Waals surface area contributed by atoms with Crippen LogP contribution in [0.5, 0.6) is 0 Å². The van der Waals surface area contributed by atoms with Crippen molar-refractivity contribution >= 4 is 5.91 Å². The zero-order valence-electron chi connectivity index (χ0n) is 8.75. The predicted molar refractivity (Wildman–Crippen MR) is 53.0 cm³/mol. The van der Waals surface area contributed by atoms with Crippen molar-refractivity contribution in [3.05, 3.63) is 0 Å². The van der Waals surface area contributed by atoms with Crippen LogP contribution in [-0.4, -0.2) is 36.7 Å². The number of nitrogens with one attached hydrogen (secondary N) is 2. The second-order valence-corrected chi connectivity index (χ2v) is 4.41. The van der Waals surface area contributed by atoms with E-state index in [-0.39, 0.29) is 24.2 Å². The van der Waals surface area contributed by atoms with Crippen molar-refractivity contribution in [3.63, 3.8) is 0 Å². The molecule has 0 aromatic carbocycles. The average Bonchev–Trinajstić information content (AvgIpc) is 2.58. The van der Waals surface area contributed by atoms with Gasteiger partial charge in [0.15, 0.2) is 0 Å². The summed E-state index contributed by atoms with van der Waals surface area (Å²) in [5.41, 5.74) is 0. The van der Waals surface area contributed by atoms with E-state index in [0.29, 0.717) is 6.04 Å². The summed E-state index contributed by atoms with van der Waals surface area (Å²) in [6, 6.07) is 0.595. The standard InChI is InChI=1S/C10H18N2O2/c1-6(2)12-10(13)9-5-7-8(14-9)3-4-11-7/h6-9,11H,3-5H2,1-2H3,(H,12,13)/t7-,8-,9-/m1/s1. The van der Waals surface area contributed by atoms with E-state index in [1.54, 1.807) is 0 Å². The molecule has 80 valence electrons. The first-order valence-corrected chi connectivity index (χ1v) is 5.36. The molecule has 4 nitrogen and oxygen atoms in total. The van der Waals surface area contributed by atoms with E-state index in [1.807, 2.05) is 13.8 Å². The lowest BCUT2D eigenvalue weighted by Crippen LogP contribution is -2.39. The first kappa shape index (κ1) is 9.93. The number of carbonyl (C=O) groups excluding carboxylic acids is 1. The third-order valence-corrected chi connectivity index (χ3v) is 2.81. The van der Waals surface area contributed by atoms with Crippen LogP contribution in [0, 0.1) is 0 Å². The highest BCUT2D eigenvalue weighted by molar-refractivity contribution is 5.81. The van der Waals surface area contributed by atoms with Crippen molar-refractivity contribution in [1.29, 1.82) is 0 Å². The van der Waals surface area contributed by atoms with Gasteiger partial charge in [0.25, 0.3) is 0 Å². The van der Waals surface area contributed by atoms with Crippen LogP contribution in [0.25, 0.3) is 0 Å². The van der Waals surface area contributed by atoms with Crippen molar-refractivity contribution in [2.75, 3.05) is 6.54 Å². The van der Waals surface area contributed by atoms with Crippen molar-refractivity contribution in [2.45, 2.75) is 51.0 Å². The zero-order valence-corrected chi connectivity index (χ0v) is 8.75. The van der Waals surface area contributed by atoms with Gasteiger partial charge in [-0.15, -0.1) is 0 Å². The Morgan fingerprint density at radius 1 is 1.57 bits per heavy atom. The molecule has 0 aromatic rings. The Kier molecular flexibility index (Phi) is 2.74. The molecule has 2 N–H and O–H groups in total. The minimum Gasteiger partial charge on any atom is -0.363 e. The van der Waals surface area contributed by atoms with E-state index in [1.165, 1.54) is 0 Å². The molecule has 0 spiro atoms. The number of rotatable bonds is 2. The lowest BCUT2D eigenvalue weighted by atomic mass is 10.1. The van der Waals surface area contributed by atoms with Gasteiger partial charge in [-0.05, 0) is 26.8 Å². The fraction of sp³-hybridized carbons (Fsp3) is 0.900. The summed E-state index contributed by atoms with van der Waals surface area (Å²) >= 11 is 0. The van der Waals surface area contributed by atoms with E-state index in [9.17, 15) is 4.79 Å². The molecule has 2 rings (SSSR count). The second-order valence-electron chi connectivity index (χ2n) is 4.41. The predicted octanol–water partition coefficient (Wildman–Crippen LogP) is 0.0304. The molecular formula is C10H18N2O2. The maximum Gasteiger partial charge on any atom is 0.249 e. The molecule has 4 heteroatoms. The number of ether oxygens (including phenoxy) is 1. The van der Waals surface area contributed by atoms with E-state index in [4.69, 9.17) is 4.74 Å². The van der Waals surface area contributed by atoms with Crippen LogP contribution >= 0.6 is 0 Å². The highest BCUT2D eigenvalue weighted by Crippen LogP contribution is 2.26. The van der Waals surface area contributed by atoms with E-state index < -0.39 is 0 Å². The van der Waals surface area contributed by atoms with Gasteiger partial charge in [-0.1, -0.05) is 0 Å². The summed E-state index contributed by atoms with van der Waals surface area (Å²) in [5.74, 6) is 0.0381. The monoisotopic (exact) mass is 198 g/mol. The van der Waals surface area contributed by atoms with E-state index in [2.05, 4.69) is 10.6 Å². The number of hydrogen-bond acceptors (Lipinski definition) is 3. The van der Waals surface area contributed by atoms with Crippen LogP contribution < -0.4 is 10.6 Å². The van der Waals surface area contributed by atoms with Crippen LogP contribution in [0.3, 0.4) is 0 Å². The van der Waals surface area contributed by atoms with Crippen LogP contribution in [0.1, 0.15) is 26.7 Å². The van der Waals surface area contributed by atoms with Crippen LogP contribution in [0.15, 0.2) is 0 Å².